The summed E-state index contributed by atoms with van der Waals surface area (Å²) in [5, 5.41) is 70.8. The molecule has 2 heterocycles. The first kappa shape index (κ1) is 26.5. The van der Waals surface area contributed by atoms with Crippen LogP contribution in [0, 0.1) is 0 Å². The predicted molar refractivity (Wildman–Crippen MR) is 130 cm³/mol. The van der Waals surface area contributed by atoms with Crippen LogP contribution in [-0.2, 0) is 11.2 Å². The van der Waals surface area contributed by atoms with Crippen molar-refractivity contribution < 1.29 is 49.6 Å². The van der Waals surface area contributed by atoms with Gasteiger partial charge in [-0.3, -0.25) is 4.79 Å². The number of fused-ring (bicyclic) bond motifs is 1. The molecule has 2 aromatic carbocycles. The third-order valence-electron chi connectivity index (χ3n) is 6.18. The first-order chi connectivity index (χ1) is 17.5. The number of aliphatic hydroxyl groups is 4. The highest BCUT2D eigenvalue weighted by molar-refractivity contribution is 5.90. The Bertz CT molecular complexity index is 1390. The van der Waals surface area contributed by atoms with Gasteiger partial charge in [0.1, 0.15) is 64.6 Å². The molecule has 1 aliphatic rings. The fourth-order valence-electron chi connectivity index (χ4n) is 4.12. The van der Waals surface area contributed by atoms with Crippen molar-refractivity contribution in [2.24, 2.45) is 0 Å². The summed E-state index contributed by atoms with van der Waals surface area (Å²) in [6, 6.07) is 5.00. The Kier molecular flexibility index (Phi) is 7.44. The maximum absolute atomic E-state index is 13.4. The number of rotatable bonds is 6. The van der Waals surface area contributed by atoms with Crippen molar-refractivity contribution in [2.75, 3.05) is 6.61 Å². The molecule has 5 unspecified atom stereocenters. The van der Waals surface area contributed by atoms with Crippen LogP contribution in [0.5, 0.6) is 23.0 Å². The molecule has 37 heavy (non-hydrogen) atoms. The first-order valence-corrected chi connectivity index (χ1v) is 11.5. The predicted octanol–water partition coefficient (Wildman–Crippen LogP) is 1.26. The van der Waals surface area contributed by atoms with Gasteiger partial charge in [-0.2, -0.15) is 0 Å². The van der Waals surface area contributed by atoms with Crippen LogP contribution in [-0.4, -0.2) is 73.1 Å². The Morgan fingerprint density at radius 3 is 2.41 bits per heavy atom. The smallest absolute Gasteiger partial charge is 0.229 e. The van der Waals surface area contributed by atoms with E-state index < -0.39 is 48.5 Å². The molecular weight excluding hydrogens is 488 g/mol. The number of aromatic hydroxyl groups is 3. The molecule has 0 spiro atoms. The number of hydrogen-bond acceptors (Lipinski definition) is 11. The molecule has 1 aliphatic heterocycles. The van der Waals surface area contributed by atoms with Crippen LogP contribution >= 0.6 is 0 Å². The van der Waals surface area contributed by atoms with Crippen molar-refractivity contribution >= 4 is 11.0 Å². The van der Waals surface area contributed by atoms with Crippen molar-refractivity contribution in [3.8, 4) is 34.1 Å². The van der Waals surface area contributed by atoms with Gasteiger partial charge in [-0.05, 0) is 32.4 Å². The summed E-state index contributed by atoms with van der Waals surface area (Å²) < 4.78 is 16.8. The van der Waals surface area contributed by atoms with E-state index >= 15 is 0 Å². The molecular formula is C26H28O11. The van der Waals surface area contributed by atoms with Crippen LogP contribution in [0.2, 0.25) is 0 Å². The summed E-state index contributed by atoms with van der Waals surface area (Å²) in [5.74, 6) is -1.06. The Morgan fingerprint density at radius 2 is 1.76 bits per heavy atom. The fourth-order valence-corrected chi connectivity index (χ4v) is 4.12. The molecule has 5 atom stereocenters. The number of phenolic OH excluding ortho intramolecular Hbond substituents is 3. The highest BCUT2D eigenvalue weighted by Gasteiger charge is 2.45. The molecule has 11 heteroatoms. The van der Waals surface area contributed by atoms with Crippen molar-refractivity contribution in [3.05, 3.63) is 58.0 Å². The van der Waals surface area contributed by atoms with Crippen LogP contribution in [0.15, 0.2) is 51.4 Å². The minimum Gasteiger partial charge on any atom is -0.508 e. The molecule has 0 aliphatic carbocycles. The molecule has 1 saturated heterocycles. The minimum atomic E-state index is -1.70. The molecule has 0 amide bonds. The number of phenols is 3. The van der Waals surface area contributed by atoms with Crippen molar-refractivity contribution in [1.29, 1.82) is 0 Å². The van der Waals surface area contributed by atoms with E-state index in [9.17, 15) is 40.5 Å². The summed E-state index contributed by atoms with van der Waals surface area (Å²) in [5.41, 5.74) is 0.331. The second-order valence-corrected chi connectivity index (χ2v) is 9.06. The molecule has 198 valence electrons. The molecule has 0 bridgehead atoms. The SMILES string of the molecule is CC(C)=CCc1c(OC2OC(CO)C(O)C(O)C2O)cc2occ(-c3ccc(O)cc3O)c(=O)c2c1O. The Hall–Kier alpha value is -3.61. The quantitative estimate of drug-likeness (QED) is 0.234. The number of hydrogen-bond donors (Lipinski definition) is 7. The molecule has 3 aromatic rings. The van der Waals surface area contributed by atoms with Crippen LogP contribution in [0.3, 0.4) is 0 Å². The highest BCUT2D eigenvalue weighted by Crippen LogP contribution is 2.39. The van der Waals surface area contributed by atoms with Gasteiger partial charge in [0.2, 0.25) is 11.7 Å². The lowest BCUT2D eigenvalue weighted by Crippen LogP contribution is -2.60. The zero-order valence-corrected chi connectivity index (χ0v) is 20.0. The zero-order chi connectivity index (χ0) is 27.0. The molecule has 0 radical (unpaired) electrons. The number of benzene rings is 2. The van der Waals surface area contributed by atoms with E-state index in [2.05, 4.69) is 0 Å². The third-order valence-corrected chi connectivity index (χ3v) is 6.18. The van der Waals surface area contributed by atoms with Crippen molar-refractivity contribution in [1.82, 2.24) is 0 Å². The normalized spacial score (nSPS) is 23.7. The van der Waals surface area contributed by atoms with E-state index in [0.29, 0.717) is 0 Å². The van der Waals surface area contributed by atoms with Crippen LogP contribution in [0.4, 0.5) is 0 Å². The summed E-state index contributed by atoms with van der Waals surface area (Å²) in [7, 11) is 0. The average molecular weight is 516 g/mol. The Balaban J connectivity index is 1.85. The number of ether oxygens (including phenoxy) is 2. The van der Waals surface area contributed by atoms with Gasteiger partial charge in [-0.1, -0.05) is 11.6 Å². The highest BCUT2D eigenvalue weighted by atomic mass is 16.7. The van der Waals surface area contributed by atoms with E-state index in [0.717, 1.165) is 17.9 Å². The first-order valence-electron chi connectivity index (χ1n) is 11.5. The van der Waals surface area contributed by atoms with Gasteiger partial charge in [-0.25, -0.2) is 0 Å². The summed E-state index contributed by atoms with van der Waals surface area (Å²) in [6.45, 7) is 3.01. The molecule has 1 fully saturated rings. The van der Waals surface area contributed by atoms with Gasteiger partial charge in [-0.15, -0.1) is 0 Å². The van der Waals surface area contributed by atoms with Gasteiger partial charge in [0.15, 0.2) is 0 Å². The van der Waals surface area contributed by atoms with Gasteiger partial charge >= 0.3 is 0 Å². The van der Waals surface area contributed by atoms with E-state index in [4.69, 9.17) is 13.9 Å². The molecule has 11 nitrogen and oxygen atoms in total. The van der Waals surface area contributed by atoms with Crippen LogP contribution < -0.4 is 10.2 Å². The maximum atomic E-state index is 13.4. The minimum absolute atomic E-state index is 0.0322. The second-order valence-electron chi connectivity index (χ2n) is 9.06. The van der Waals surface area contributed by atoms with E-state index in [1.54, 1.807) is 6.08 Å². The topological polar surface area (TPSA) is 190 Å². The van der Waals surface area contributed by atoms with E-state index in [1.807, 2.05) is 13.8 Å². The molecule has 7 N–H and O–H groups in total. The summed E-state index contributed by atoms with van der Waals surface area (Å²) in [6.07, 6.45) is -4.74. The van der Waals surface area contributed by atoms with E-state index in [1.165, 1.54) is 18.2 Å². The lowest BCUT2D eigenvalue weighted by atomic mass is 9.98. The van der Waals surface area contributed by atoms with Gasteiger partial charge in [0.05, 0.1) is 12.2 Å². The lowest BCUT2D eigenvalue weighted by Gasteiger charge is -2.39. The van der Waals surface area contributed by atoms with Crippen LogP contribution in [0.25, 0.3) is 22.1 Å². The molecule has 4 rings (SSSR count). The average Bonchev–Trinajstić information content (AvgIpc) is 2.84. The van der Waals surface area contributed by atoms with Gasteiger partial charge in [0.25, 0.3) is 0 Å². The lowest BCUT2D eigenvalue weighted by molar-refractivity contribution is -0.277. The van der Waals surface area contributed by atoms with Crippen molar-refractivity contribution in [2.45, 2.75) is 51.0 Å². The van der Waals surface area contributed by atoms with Crippen LogP contribution in [0.1, 0.15) is 19.4 Å². The third kappa shape index (κ3) is 4.99. The maximum Gasteiger partial charge on any atom is 0.229 e. The Morgan fingerprint density at radius 1 is 1.03 bits per heavy atom. The molecule has 0 saturated carbocycles. The largest absolute Gasteiger partial charge is 0.508 e. The summed E-state index contributed by atoms with van der Waals surface area (Å²) >= 11 is 0. The standard InChI is InChI=1S/C26H28O11/c1-11(2)3-5-14-17(36-26-25(34)24(33)23(32)19(9-27)37-26)8-18-20(21(14)30)22(31)15(10-35-18)13-6-4-12(28)7-16(13)29/h3-4,6-8,10,19,23-30,32-34H,5,9H2,1-2H3. The number of allylic oxidation sites excluding steroid dienone is 2. The monoisotopic (exact) mass is 516 g/mol. The summed E-state index contributed by atoms with van der Waals surface area (Å²) in [4.78, 5) is 13.4. The number of aliphatic hydroxyl groups excluding tert-OH is 4. The zero-order valence-electron chi connectivity index (χ0n) is 20.0. The van der Waals surface area contributed by atoms with Crippen molar-refractivity contribution in [3.63, 3.8) is 0 Å². The molecule has 1 aromatic heterocycles. The van der Waals surface area contributed by atoms with E-state index in [-0.39, 0.29) is 51.3 Å². The fraction of sp³-hybridized carbons (Fsp3) is 0.346. The second kappa shape index (κ2) is 10.4. The Labute approximate surface area is 210 Å². The van der Waals surface area contributed by atoms with Gasteiger partial charge < -0.3 is 49.6 Å². The van der Waals surface area contributed by atoms with Gasteiger partial charge in [0, 0.05) is 23.3 Å².